The van der Waals surface area contributed by atoms with Gasteiger partial charge in [-0.2, -0.15) is 0 Å². The summed E-state index contributed by atoms with van der Waals surface area (Å²) in [5.74, 6) is 0.556. The van der Waals surface area contributed by atoms with E-state index in [-0.39, 0.29) is 24.3 Å². The molecule has 8 nitrogen and oxygen atoms in total. The first-order valence-electron chi connectivity index (χ1n) is 9.99. The van der Waals surface area contributed by atoms with Crippen molar-refractivity contribution in [3.8, 4) is 0 Å². The second-order valence-corrected chi connectivity index (χ2v) is 7.17. The number of carbonyl (C=O) groups is 2. The zero-order valence-electron chi connectivity index (χ0n) is 16.8. The molecule has 0 aliphatic carbocycles. The lowest BCUT2D eigenvalue weighted by Gasteiger charge is -2.34. The molecule has 3 rings (SSSR count). The van der Waals surface area contributed by atoms with Gasteiger partial charge in [-0.15, -0.1) is 0 Å². The number of benzene rings is 1. The first kappa shape index (κ1) is 20.7. The van der Waals surface area contributed by atoms with E-state index in [2.05, 4.69) is 30.4 Å². The summed E-state index contributed by atoms with van der Waals surface area (Å²) in [4.78, 5) is 37.3. The minimum absolute atomic E-state index is 0.0535. The normalized spacial score (nSPS) is 15.6. The highest BCUT2D eigenvalue weighted by atomic mass is 16.2. The average molecular weight is 396 g/mol. The number of rotatable bonds is 8. The van der Waals surface area contributed by atoms with Gasteiger partial charge >= 0.3 is 0 Å². The van der Waals surface area contributed by atoms with Gasteiger partial charge in [0.2, 0.25) is 11.9 Å². The number of piperazine rings is 1. The van der Waals surface area contributed by atoms with Gasteiger partial charge in [-0.3, -0.25) is 14.5 Å². The molecule has 2 N–H and O–H groups in total. The van der Waals surface area contributed by atoms with Crippen LogP contribution in [0.4, 0.5) is 5.95 Å². The summed E-state index contributed by atoms with van der Waals surface area (Å²) in [7, 11) is 0. The van der Waals surface area contributed by atoms with E-state index in [4.69, 9.17) is 0 Å². The van der Waals surface area contributed by atoms with Gasteiger partial charge < -0.3 is 15.5 Å². The fraction of sp³-hybridized carbons (Fsp3) is 0.429. The topological polar surface area (TPSA) is 90.5 Å². The summed E-state index contributed by atoms with van der Waals surface area (Å²) in [5, 5.41) is 5.81. The monoisotopic (exact) mass is 396 g/mol. The van der Waals surface area contributed by atoms with Gasteiger partial charge in [-0.05, 0) is 25.1 Å². The Labute approximate surface area is 171 Å². The molecule has 1 aromatic heterocycles. The molecule has 1 unspecified atom stereocenters. The van der Waals surface area contributed by atoms with E-state index in [1.807, 2.05) is 31.2 Å². The Morgan fingerprint density at radius 1 is 1.03 bits per heavy atom. The minimum atomic E-state index is -0.225. The molecule has 0 saturated carbocycles. The zero-order chi connectivity index (χ0) is 20.5. The highest BCUT2D eigenvalue weighted by Gasteiger charge is 2.19. The molecule has 1 aromatic carbocycles. The molecule has 2 aromatic rings. The summed E-state index contributed by atoms with van der Waals surface area (Å²) >= 11 is 0. The molecule has 1 aliphatic heterocycles. The van der Waals surface area contributed by atoms with E-state index in [1.54, 1.807) is 24.5 Å². The Bertz CT molecular complexity index is 778. The zero-order valence-corrected chi connectivity index (χ0v) is 16.8. The van der Waals surface area contributed by atoms with Crippen LogP contribution in [0.3, 0.4) is 0 Å². The molecule has 2 heterocycles. The van der Waals surface area contributed by atoms with Crippen molar-refractivity contribution in [1.29, 1.82) is 0 Å². The van der Waals surface area contributed by atoms with Crippen molar-refractivity contribution in [3.63, 3.8) is 0 Å². The van der Waals surface area contributed by atoms with Crippen LogP contribution in [-0.2, 0) is 4.79 Å². The van der Waals surface area contributed by atoms with Crippen LogP contribution in [-0.4, -0.2) is 72.0 Å². The van der Waals surface area contributed by atoms with Crippen molar-refractivity contribution in [2.24, 2.45) is 0 Å². The van der Waals surface area contributed by atoms with Crippen molar-refractivity contribution < 1.29 is 9.59 Å². The van der Waals surface area contributed by atoms with E-state index in [0.717, 1.165) is 38.7 Å². The van der Waals surface area contributed by atoms with E-state index in [1.165, 1.54) is 0 Å². The fourth-order valence-electron chi connectivity index (χ4n) is 3.28. The van der Waals surface area contributed by atoms with Crippen LogP contribution >= 0.6 is 0 Å². The van der Waals surface area contributed by atoms with E-state index in [9.17, 15) is 9.59 Å². The Kier molecular flexibility index (Phi) is 7.52. The van der Waals surface area contributed by atoms with E-state index < -0.39 is 0 Å². The van der Waals surface area contributed by atoms with Crippen LogP contribution in [0.2, 0.25) is 0 Å². The molecular weight excluding hydrogens is 368 g/mol. The van der Waals surface area contributed by atoms with Crippen molar-refractivity contribution in [1.82, 2.24) is 25.5 Å². The smallest absolute Gasteiger partial charge is 0.251 e. The van der Waals surface area contributed by atoms with Crippen LogP contribution in [0, 0.1) is 0 Å². The highest BCUT2D eigenvalue weighted by molar-refractivity contribution is 5.94. The number of carbonyl (C=O) groups excluding carboxylic acids is 2. The Balaban J connectivity index is 1.30. The molecule has 0 bridgehead atoms. The maximum Gasteiger partial charge on any atom is 0.251 e. The predicted octanol–water partition coefficient (Wildman–Crippen LogP) is 0.923. The maximum absolute atomic E-state index is 12.1. The molecular formula is C21H28N6O2. The second kappa shape index (κ2) is 10.5. The molecule has 1 atom stereocenters. The molecule has 2 amide bonds. The first-order chi connectivity index (χ1) is 14.1. The minimum Gasteiger partial charge on any atom is -0.355 e. The predicted molar refractivity (Wildman–Crippen MR) is 112 cm³/mol. The molecule has 1 aliphatic rings. The van der Waals surface area contributed by atoms with Gasteiger partial charge in [-0.25, -0.2) is 9.97 Å². The van der Waals surface area contributed by atoms with Crippen molar-refractivity contribution in [2.75, 3.05) is 44.2 Å². The lowest BCUT2D eigenvalue weighted by atomic mass is 10.1. The van der Waals surface area contributed by atoms with Crippen LogP contribution in [0.15, 0.2) is 48.8 Å². The lowest BCUT2D eigenvalue weighted by Crippen LogP contribution is -2.49. The Morgan fingerprint density at radius 3 is 2.41 bits per heavy atom. The van der Waals surface area contributed by atoms with Crippen molar-refractivity contribution >= 4 is 17.8 Å². The second-order valence-electron chi connectivity index (χ2n) is 7.17. The molecule has 154 valence electrons. The lowest BCUT2D eigenvalue weighted by molar-refractivity contribution is -0.121. The molecule has 29 heavy (non-hydrogen) atoms. The quantitative estimate of drug-likeness (QED) is 0.690. The third-order valence-corrected chi connectivity index (χ3v) is 4.86. The Hall–Kier alpha value is -3.00. The van der Waals surface area contributed by atoms with Gasteiger partial charge in [0.1, 0.15) is 0 Å². The van der Waals surface area contributed by atoms with Crippen molar-refractivity contribution in [2.45, 2.75) is 19.4 Å². The number of anilines is 1. The summed E-state index contributed by atoms with van der Waals surface area (Å²) in [6, 6.07) is 10.6. The van der Waals surface area contributed by atoms with E-state index >= 15 is 0 Å². The maximum atomic E-state index is 12.1. The third-order valence-electron chi connectivity index (χ3n) is 4.86. The van der Waals surface area contributed by atoms with Gasteiger partial charge in [0.15, 0.2) is 0 Å². The van der Waals surface area contributed by atoms with Gasteiger partial charge in [0.05, 0.1) is 0 Å². The Morgan fingerprint density at radius 2 is 1.72 bits per heavy atom. The van der Waals surface area contributed by atoms with Crippen molar-refractivity contribution in [3.05, 3.63) is 54.4 Å². The first-order valence-corrected chi connectivity index (χ1v) is 9.99. The van der Waals surface area contributed by atoms with Crippen LogP contribution in [0.25, 0.3) is 0 Å². The van der Waals surface area contributed by atoms with E-state index in [0.29, 0.717) is 12.1 Å². The summed E-state index contributed by atoms with van der Waals surface area (Å²) in [5.41, 5.74) is 0.597. The number of hydrogen-bond acceptors (Lipinski definition) is 6. The van der Waals surface area contributed by atoms with Crippen LogP contribution in [0.1, 0.15) is 23.7 Å². The molecule has 8 heteroatoms. The molecule has 0 radical (unpaired) electrons. The molecule has 1 saturated heterocycles. The summed E-state index contributed by atoms with van der Waals surface area (Å²) in [6.45, 7) is 6.82. The number of aromatic nitrogens is 2. The number of amides is 2. The standard InChI is InChI=1S/C21H28N6O2/c1-17(25-20(29)18-6-3-2-4-7-18)16-19(28)22-10-11-26-12-14-27(15-13-26)21-23-8-5-9-24-21/h2-9,17H,10-16H2,1H3,(H,22,28)(H,25,29). The molecule has 1 fully saturated rings. The SMILES string of the molecule is CC(CC(=O)NCCN1CCN(c2ncccn2)CC1)NC(=O)c1ccccc1. The third kappa shape index (κ3) is 6.53. The summed E-state index contributed by atoms with van der Waals surface area (Å²) < 4.78 is 0. The summed E-state index contributed by atoms with van der Waals surface area (Å²) in [6.07, 6.45) is 3.78. The van der Waals surface area contributed by atoms with Crippen LogP contribution < -0.4 is 15.5 Å². The van der Waals surface area contributed by atoms with Crippen LogP contribution in [0.5, 0.6) is 0 Å². The number of nitrogens with one attached hydrogen (secondary N) is 2. The van der Waals surface area contributed by atoms with Gasteiger partial charge in [0, 0.05) is 69.7 Å². The largest absolute Gasteiger partial charge is 0.355 e. The molecule has 0 spiro atoms. The highest BCUT2D eigenvalue weighted by Crippen LogP contribution is 2.09. The van der Waals surface area contributed by atoms with Gasteiger partial charge in [-0.1, -0.05) is 18.2 Å². The average Bonchev–Trinajstić information content (AvgIpc) is 2.75. The van der Waals surface area contributed by atoms with Gasteiger partial charge in [0.25, 0.3) is 5.91 Å². The number of hydrogen-bond donors (Lipinski definition) is 2. The fourth-order valence-corrected chi connectivity index (χ4v) is 3.28. The number of nitrogens with zero attached hydrogens (tertiary/aromatic N) is 4.